The maximum Gasteiger partial charge on any atom is 0.251 e. The third-order valence-corrected chi connectivity index (χ3v) is 5.50. The van der Waals surface area contributed by atoms with Gasteiger partial charge >= 0.3 is 0 Å². The quantitative estimate of drug-likeness (QED) is 0.909. The van der Waals surface area contributed by atoms with Crippen LogP contribution in [0.3, 0.4) is 0 Å². The van der Waals surface area contributed by atoms with Crippen molar-refractivity contribution in [1.29, 1.82) is 0 Å². The van der Waals surface area contributed by atoms with Gasteiger partial charge in [0, 0.05) is 37.7 Å². The Hall–Kier alpha value is -1.75. The molecule has 0 radical (unpaired) electrons. The fraction of sp³-hybridized carbons (Fsp3) is 0.650. The Kier molecular flexibility index (Phi) is 4.36. The first kappa shape index (κ1) is 16.7. The number of hydrogen-bond acceptors (Lipinski definition) is 4. The van der Waals surface area contributed by atoms with E-state index >= 15 is 0 Å². The number of fused-ring (bicyclic) bond motifs is 1. The second kappa shape index (κ2) is 6.52. The highest BCUT2D eigenvalue weighted by Crippen LogP contribution is 2.47. The second-order valence-corrected chi connectivity index (χ2v) is 8.17. The van der Waals surface area contributed by atoms with E-state index in [1.165, 1.54) is 6.42 Å². The lowest BCUT2D eigenvalue weighted by molar-refractivity contribution is -0.117. The zero-order chi connectivity index (χ0) is 17.4. The van der Waals surface area contributed by atoms with Gasteiger partial charge in [-0.25, -0.2) is 0 Å². The van der Waals surface area contributed by atoms with Gasteiger partial charge in [-0.05, 0) is 43.2 Å². The molecule has 1 spiro atoms. The summed E-state index contributed by atoms with van der Waals surface area (Å²) in [6.45, 7) is 6.98. The Bertz CT molecular complexity index is 644. The van der Waals surface area contributed by atoms with Crippen molar-refractivity contribution in [3.8, 4) is 11.5 Å². The Balaban J connectivity index is 1.36. The first-order valence-electron chi connectivity index (χ1n) is 9.56. The number of amides is 1. The first-order valence-corrected chi connectivity index (χ1v) is 9.56. The number of anilines is 1. The molecular formula is C20H28N2O3. The van der Waals surface area contributed by atoms with E-state index in [1.54, 1.807) is 0 Å². The van der Waals surface area contributed by atoms with Crippen LogP contribution in [-0.2, 0) is 4.79 Å². The van der Waals surface area contributed by atoms with Gasteiger partial charge in [-0.2, -0.15) is 0 Å². The van der Waals surface area contributed by atoms with Crippen molar-refractivity contribution in [1.82, 2.24) is 4.90 Å². The van der Waals surface area contributed by atoms with E-state index in [9.17, 15) is 4.79 Å². The predicted octanol–water partition coefficient (Wildman–Crippen LogP) is 3.64. The Morgan fingerprint density at radius 3 is 2.56 bits per heavy atom. The van der Waals surface area contributed by atoms with Gasteiger partial charge in [0.15, 0.2) is 11.5 Å². The number of nitrogens with one attached hydrogen (secondary N) is 1. The van der Waals surface area contributed by atoms with Gasteiger partial charge < -0.3 is 14.8 Å². The number of ether oxygens (including phenoxy) is 2. The van der Waals surface area contributed by atoms with E-state index in [4.69, 9.17) is 9.47 Å². The zero-order valence-corrected chi connectivity index (χ0v) is 15.2. The highest BCUT2D eigenvalue weighted by Gasteiger charge is 2.44. The standard InChI is InChI=1S/C20H28N2O3/c1-14-9-15(2)12-22(11-14)13-19(23)21-16-5-6-17-18(10-16)25-20(24-17)7-3-4-8-20/h5-6,10,14-15H,3-4,7-9,11-13H2,1-2H3,(H,21,23)/t14-,15-/m0/s1. The Morgan fingerprint density at radius 2 is 1.84 bits per heavy atom. The van der Waals surface area contributed by atoms with Crippen molar-refractivity contribution in [3.63, 3.8) is 0 Å². The predicted molar refractivity (Wildman–Crippen MR) is 96.9 cm³/mol. The molecule has 3 aliphatic rings. The van der Waals surface area contributed by atoms with Crippen molar-refractivity contribution in [3.05, 3.63) is 18.2 Å². The van der Waals surface area contributed by atoms with Crippen LogP contribution >= 0.6 is 0 Å². The third kappa shape index (κ3) is 3.61. The molecule has 2 aliphatic heterocycles. The number of hydrogen-bond donors (Lipinski definition) is 1. The molecule has 1 saturated heterocycles. The van der Waals surface area contributed by atoms with E-state index in [0.29, 0.717) is 18.4 Å². The van der Waals surface area contributed by atoms with Crippen LogP contribution in [0.5, 0.6) is 11.5 Å². The lowest BCUT2D eigenvalue weighted by Gasteiger charge is -2.34. The number of carbonyl (C=O) groups excluding carboxylic acids is 1. The summed E-state index contributed by atoms with van der Waals surface area (Å²) in [5.74, 6) is 2.44. The molecule has 2 heterocycles. The minimum absolute atomic E-state index is 0.0377. The molecule has 1 aliphatic carbocycles. The van der Waals surface area contributed by atoms with Gasteiger partial charge in [-0.15, -0.1) is 0 Å². The molecule has 1 amide bonds. The largest absolute Gasteiger partial charge is 0.448 e. The SMILES string of the molecule is C[C@H]1C[C@H](C)CN(CC(=O)Nc2ccc3c(c2)OC2(CCCC2)O3)C1. The summed E-state index contributed by atoms with van der Waals surface area (Å²) in [6.07, 6.45) is 5.42. The van der Waals surface area contributed by atoms with E-state index in [2.05, 4.69) is 24.1 Å². The summed E-state index contributed by atoms with van der Waals surface area (Å²) >= 11 is 0. The molecule has 25 heavy (non-hydrogen) atoms. The first-order chi connectivity index (χ1) is 12.0. The van der Waals surface area contributed by atoms with Gasteiger partial charge in [0.1, 0.15) is 0 Å². The van der Waals surface area contributed by atoms with Gasteiger partial charge in [0.25, 0.3) is 5.79 Å². The molecule has 1 aromatic carbocycles. The molecule has 0 aromatic heterocycles. The Labute approximate surface area is 149 Å². The number of nitrogens with zero attached hydrogens (tertiary/aromatic N) is 1. The molecular weight excluding hydrogens is 316 g/mol. The topological polar surface area (TPSA) is 50.8 Å². The molecule has 4 rings (SSSR count). The van der Waals surface area contributed by atoms with E-state index in [-0.39, 0.29) is 5.91 Å². The third-order valence-electron chi connectivity index (χ3n) is 5.50. The second-order valence-electron chi connectivity index (χ2n) is 8.17. The summed E-state index contributed by atoms with van der Waals surface area (Å²) in [5, 5.41) is 3.01. The van der Waals surface area contributed by atoms with Gasteiger partial charge in [0.05, 0.1) is 6.54 Å². The summed E-state index contributed by atoms with van der Waals surface area (Å²) in [4.78, 5) is 14.7. The number of carbonyl (C=O) groups is 1. The summed E-state index contributed by atoms with van der Waals surface area (Å²) < 4.78 is 12.1. The monoisotopic (exact) mass is 344 g/mol. The smallest absolute Gasteiger partial charge is 0.251 e. The number of likely N-dealkylation sites (tertiary alicyclic amines) is 1. The van der Waals surface area contributed by atoms with Crippen molar-refractivity contribution in [2.75, 3.05) is 25.0 Å². The van der Waals surface area contributed by atoms with Crippen molar-refractivity contribution < 1.29 is 14.3 Å². The van der Waals surface area contributed by atoms with Crippen LogP contribution in [0.15, 0.2) is 18.2 Å². The molecule has 1 aromatic rings. The van der Waals surface area contributed by atoms with Gasteiger partial charge in [-0.1, -0.05) is 13.8 Å². The van der Waals surface area contributed by atoms with Crippen LogP contribution in [0, 0.1) is 11.8 Å². The van der Waals surface area contributed by atoms with Crippen molar-refractivity contribution in [2.24, 2.45) is 11.8 Å². The number of rotatable bonds is 3. The van der Waals surface area contributed by atoms with Crippen LogP contribution in [0.2, 0.25) is 0 Å². The number of benzene rings is 1. The average molecular weight is 344 g/mol. The molecule has 2 atom stereocenters. The van der Waals surface area contributed by atoms with Crippen molar-refractivity contribution in [2.45, 2.75) is 51.7 Å². The van der Waals surface area contributed by atoms with Crippen LogP contribution in [0.4, 0.5) is 5.69 Å². The van der Waals surface area contributed by atoms with E-state index in [1.807, 2.05) is 18.2 Å². The normalized spacial score (nSPS) is 27.6. The van der Waals surface area contributed by atoms with Crippen LogP contribution in [0.25, 0.3) is 0 Å². The van der Waals surface area contributed by atoms with E-state index < -0.39 is 5.79 Å². The molecule has 5 nitrogen and oxygen atoms in total. The minimum Gasteiger partial charge on any atom is -0.448 e. The highest BCUT2D eigenvalue weighted by atomic mass is 16.7. The molecule has 5 heteroatoms. The van der Waals surface area contributed by atoms with Gasteiger partial charge in [-0.3, -0.25) is 9.69 Å². The Morgan fingerprint density at radius 1 is 1.16 bits per heavy atom. The van der Waals surface area contributed by atoms with E-state index in [0.717, 1.165) is 56.0 Å². The highest BCUT2D eigenvalue weighted by molar-refractivity contribution is 5.92. The molecule has 1 saturated carbocycles. The fourth-order valence-electron chi connectivity index (χ4n) is 4.61. The minimum atomic E-state index is -0.453. The zero-order valence-electron chi connectivity index (χ0n) is 15.2. The number of piperidine rings is 1. The van der Waals surface area contributed by atoms with Crippen LogP contribution < -0.4 is 14.8 Å². The summed E-state index contributed by atoms with van der Waals surface area (Å²) in [7, 11) is 0. The molecule has 136 valence electrons. The van der Waals surface area contributed by atoms with Crippen LogP contribution in [-0.4, -0.2) is 36.2 Å². The average Bonchev–Trinajstić information content (AvgIpc) is 3.12. The van der Waals surface area contributed by atoms with Crippen LogP contribution in [0.1, 0.15) is 46.0 Å². The summed E-state index contributed by atoms with van der Waals surface area (Å²) in [6, 6.07) is 5.69. The summed E-state index contributed by atoms with van der Waals surface area (Å²) in [5.41, 5.74) is 0.778. The molecule has 1 N–H and O–H groups in total. The molecule has 2 fully saturated rings. The lowest BCUT2D eigenvalue weighted by Crippen LogP contribution is -2.42. The maximum absolute atomic E-state index is 12.4. The molecule has 0 bridgehead atoms. The molecule has 0 unspecified atom stereocenters. The van der Waals surface area contributed by atoms with Crippen molar-refractivity contribution >= 4 is 11.6 Å². The fourth-order valence-corrected chi connectivity index (χ4v) is 4.61. The lowest BCUT2D eigenvalue weighted by atomic mass is 9.92. The maximum atomic E-state index is 12.4. The van der Waals surface area contributed by atoms with Gasteiger partial charge in [0.2, 0.25) is 5.91 Å².